The van der Waals surface area contributed by atoms with Crippen molar-refractivity contribution in [1.82, 2.24) is 34.1 Å². The fraction of sp³-hybridized carbons (Fsp3) is 0. The maximum Gasteiger partial charge on any atom is 0.231 e. The summed E-state index contributed by atoms with van der Waals surface area (Å²) in [6.45, 7) is 0. The number of para-hydroxylation sites is 3. The molecule has 0 N–H and O–H groups in total. The van der Waals surface area contributed by atoms with E-state index in [9.17, 15) is 0 Å². The highest BCUT2D eigenvalue weighted by Gasteiger charge is 2.24. The summed E-state index contributed by atoms with van der Waals surface area (Å²) in [5.74, 6) is 1.36. The lowest BCUT2D eigenvalue weighted by Gasteiger charge is -2.15. The Morgan fingerprint density at radius 1 is 0.300 bits per heavy atom. The van der Waals surface area contributed by atoms with Crippen molar-refractivity contribution in [2.24, 2.45) is 0 Å². The van der Waals surface area contributed by atoms with Crippen LogP contribution in [-0.2, 0) is 0 Å². The summed E-state index contributed by atoms with van der Waals surface area (Å²) in [6, 6.07) is 112. The third kappa shape index (κ3) is 8.89. The highest BCUT2D eigenvalue weighted by molar-refractivity contribution is 7.25. The molecule has 0 radical (unpaired) electrons. The molecule has 0 spiro atoms. The number of rotatable bonds is 6. The number of thiophene rings is 1. The normalized spacial score (nSPS) is 12.0. The van der Waals surface area contributed by atoms with Gasteiger partial charge in [0.1, 0.15) is 10.4 Å². The molecule has 0 atom stereocenters. The van der Waals surface area contributed by atoms with E-state index in [2.05, 4.69) is 305 Å². The van der Waals surface area contributed by atoms with Gasteiger partial charge in [-0.25, -0.2) is 15.0 Å². The van der Waals surface area contributed by atoms with Gasteiger partial charge >= 0.3 is 0 Å². The average molecular weight is 1290 g/mol. The first-order chi connectivity index (χ1) is 49.5. The molecule has 0 saturated carbocycles. The molecule has 0 amide bonds. The molecule has 9 heteroatoms. The van der Waals surface area contributed by atoms with E-state index in [1.54, 1.807) is 11.3 Å². The van der Waals surface area contributed by atoms with Crippen molar-refractivity contribution in [2.75, 3.05) is 0 Å². The van der Waals surface area contributed by atoms with Gasteiger partial charge in [-0.3, -0.25) is 4.98 Å². The minimum Gasteiger partial charge on any atom is -0.438 e. The Morgan fingerprint density at radius 3 is 1.58 bits per heavy atom. The Hall–Kier alpha value is -13.2. The number of nitrogens with zero attached hydrogens (tertiary/aromatic N) is 7. The zero-order chi connectivity index (χ0) is 65.5. The van der Waals surface area contributed by atoms with Crippen LogP contribution >= 0.6 is 11.3 Å². The molecule has 100 heavy (non-hydrogen) atoms. The monoisotopic (exact) mass is 1290 g/mol. The van der Waals surface area contributed by atoms with Gasteiger partial charge in [0, 0.05) is 87.3 Å². The number of furan rings is 1. The quantitative estimate of drug-likeness (QED) is 0.165. The van der Waals surface area contributed by atoms with Gasteiger partial charge in [0.2, 0.25) is 5.71 Å². The van der Waals surface area contributed by atoms with Crippen LogP contribution in [0.25, 0.3) is 207 Å². The Labute approximate surface area is 575 Å². The molecule has 0 saturated heterocycles. The number of hydrogen-bond donors (Lipinski definition) is 0. The third-order valence-corrected chi connectivity index (χ3v) is 21.2. The number of hydrogen-bond acceptors (Lipinski definition) is 7. The van der Waals surface area contributed by atoms with Crippen molar-refractivity contribution >= 4 is 162 Å². The third-order valence-electron chi connectivity index (χ3n) is 20.2. The Balaban J connectivity index is 0.000000131. The molecule has 8 nitrogen and oxygen atoms in total. The van der Waals surface area contributed by atoms with Crippen molar-refractivity contribution < 1.29 is 4.42 Å². The molecule has 0 fully saturated rings. The average Bonchev–Trinajstić information content (AvgIpc) is 1.55. The fourth-order valence-electron chi connectivity index (χ4n) is 15.5. The van der Waals surface area contributed by atoms with E-state index in [0.29, 0.717) is 11.5 Å². The van der Waals surface area contributed by atoms with E-state index >= 15 is 0 Å². The van der Waals surface area contributed by atoms with Gasteiger partial charge in [-0.15, -0.1) is 11.3 Å². The minimum absolute atomic E-state index is 0.569. The molecular formula is C91H53N7OS. The summed E-state index contributed by atoms with van der Waals surface area (Å²) in [5, 5.41) is 22.2. The number of fused-ring (bicyclic) bond motifs is 18. The molecule has 7 aromatic heterocycles. The van der Waals surface area contributed by atoms with Crippen molar-refractivity contribution in [3.05, 3.63) is 322 Å². The van der Waals surface area contributed by atoms with E-state index in [1.165, 1.54) is 91.4 Å². The second-order valence-corrected chi connectivity index (χ2v) is 26.9. The van der Waals surface area contributed by atoms with E-state index < -0.39 is 0 Å². The maximum absolute atomic E-state index is 6.42. The summed E-state index contributed by atoms with van der Waals surface area (Å²) in [4.78, 5) is 26.5. The van der Waals surface area contributed by atoms with Crippen LogP contribution in [0.15, 0.2) is 326 Å². The second kappa shape index (κ2) is 22.2. The topological polar surface area (TPSA) is 87.5 Å². The van der Waals surface area contributed by atoms with Gasteiger partial charge in [0.05, 0.1) is 50.0 Å². The first-order valence-electron chi connectivity index (χ1n) is 33.7. The van der Waals surface area contributed by atoms with Crippen molar-refractivity contribution in [2.45, 2.75) is 0 Å². The van der Waals surface area contributed by atoms with E-state index in [0.717, 1.165) is 104 Å². The number of aromatic nitrogens is 7. The Bertz CT molecular complexity index is 7200. The lowest BCUT2D eigenvalue weighted by atomic mass is 10.0. The molecular weight excluding hydrogens is 1240 g/mol. The first-order valence-corrected chi connectivity index (χ1v) is 34.5. The highest BCUT2D eigenvalue weighted by Crippen LogP contribution is 2.45. The van der Waals surface area contributed by atoms with Crippen LogP contribution in [0.5, 0.6) is 0 Å². The zero-order valence-electron chi connectivity index (χ0n) is 53.5. The lowest BCUT2D eigenvalue weighted by molar-refractivity contribution is 0.653. The molecule has 464 valence electrons. The SMILES string of the molecule is c1ccc2cc(-c3nc(-c4ccc5cc(-n6c7ccccc7c7cc8ccccc8cc76)ccc5c4)nc4sc5ccccc5c34)ccc2c1.c1ccc2cc3c(cc2c1)c1ccccc1n3-c1ccc(-c2nc(-c3ccc4ncccc4c3)c3c(n2)oc2ccccc23)c2ccccc12. The number of pyridine rings is 1. The molecule has 0 unspecified atom stereocenters. The maximum atomic E-state index is 6.42. The molecule has 0 bridgehead atoms. The zero-order valence-corrected chi connectivity index (χ0v) is 54.4. The standard InChI is InChI=1S/C46H27N3S.C45H26N4O/c1-2-10-29-23-34(19-17-28(29)9-1)44-43-38-14-6-8-16-42(38)50-46(43)48-45(47-44)35-20-18-33-25-36(22-21-32(33)24-35)49-40-15-7-5-13-37(40)39-26-30-11-3-4-12-31(30)27-41(39)49;1-2-11-28-26-40-36(25-27(28)10-1)33-15-5-7-17-38(33)49(40)39-22-20-34(31-13-3-4-14-32(31)39)44-47-43(30-19-21-37-29(24-30)12-9-23-46-37)42-35-16-6-8-18-41(35)50-45(42)48-44/h1-27H;1-26H. The van der Waals surface area contributed by atoms with E-state index in [4.69, 9.17) is 24.4 Å². The van der Waals surface area contributed by atoms with Gasteiger partial charge in [-0.05, 0) is 152 Å². The van der Waals surface area contributed by atoms with Gasteiger partial charge < -0.3 is 13.6 Å². The summed E-state index contributed by atoms with van der Waals surface area (Å²) >= 11 is 1.74. The smallest absolute Gasteiger partial charge is 0.231 e. The van der Waals surface area contributed by atoms with Crippen LogP contribution in [0.4, 0.5) is 0 Å². The largest absolute Gasteiger partial charge is 0.438 e. The predicted molar refractivity (Wildman–Crippen MR) is 417 cm³/mol. The summed E-state index contributed by atoms with van der Waals surface area (Å²) in [6.07, 6.45) is 1.82. The Morgan fingerprint density at radius 2 is 0.820 bits per heavy atom. The number of benzene rings is 15. The molecule has 0 aliphatic rings. The lowest BCUT2D eigenvalue weighted by Crippen LogP contribution is -1.98. The van der Waals surface area contributed by atoms with Gasteiger partial charge in [-0.2, -0.15) is 4.98 Å². The molecule has 0 aliphatic carbocycles. The van der Waals surface area contributed by atoms with Crippen molar-refractivity contribution in [3.63, 3.8) is 0 Å². The molecule has 15 aromatic carbocycles. The predicted octanol–water partition coefficient (Wildman–Crippen LogP) is 24.4. The minimum atomic E-state index is 0.569. The van der Waals surface area contributed by atoms with Crippen LogP contribution in [-0.4, -0.2) is 34.1 Å². The van der Waals surface area contributed by atoms with Crippen LogP contribution < -0.4 is 0 Å². The van der Waals surface area contributed by atoms with Gasteiger partial charge in [0.15, 0.2) is 11.6 Å². The van der Waals surface area contributed by atoms with Crippen molar-refractivity contribution in [1.29, 1.82) is 0 Å². The Kier molecular flexibility index (Phi) is 12.4. The van der Waals surface area contributed by atoms with Crippen LogP contribution in [0, 0.1) is 0 Å². The fourth-order valence-corrected chi connectivity index (χ4v) is 16.6. The molecule has 22 rings (SSSR count). The van der Waals surface area contributed by atoms with Crippen LogP contribution in [0.2, 0.25) is 0 Å². The van der Waals surface area contributed by atoms with Crippen LogP contribution in [0.3, 0.4) is 0 Å². The summed E-state index contributed by atoms with van der Waals surface area (Å²) in [7, 11) is 0. The molecule has 0 aliphatic heterocycles. The molecule has 7 heterocycles. The van der Waals surface area contributed by atoms with Gasteiger partial charge in [0.25, 0.3) is 0 Å². The van der Waals surface area contributed by atoms with Crippen molar-refractivity contribution in [3.8, 4) is 56.7 Å². The second-order valence-electron chi connectivity index (χ2n) is 25.9. The summed E-state index contributed by atoms with van der Waals surface area (Å²) in [5.41, 5.74) is 15.2. The van der Waals surface area contributed by atoms with E-state index in [-0.39, 0.29) is 0 Å². The molecule has 22 aromatic rings. The van der Waals surface area contributed by atoms with Crippen LogP contribution in [0.1, 0.15) is 0 Å². The van der Waals surface area contributed by atoms with Gasteiger partial charge in [-0.1, -0.05) is 212 Å². The highest BCUT2D eigenvalue weighted by atomic mass is 32.1. The summed E-state index contributed by atoms with van der Waals surface area (Å²) < 4.78 is 12.5. The van der Waals surface area contributed by atoms with E-state index in [1.807, 2.05) is 30.5 Å². The first kappa shape index (κ1) is 56.0.